The Morgan fingerprint density at radius 1 is 1.10 bits per heavy atom. The number of nitro benzene ring substituents is 1. The van der Waals surface area contributed by atoms with Gasteiger partial charge < -0.3 is 10.2 Å². The van der Waals surface area contributed by atoms with E-state index in [1.165, 1.54) is 24.3 Å². The first kappa shape index (κ1) is 21.0. The minimum Gasteiger partial charge on any atom is -0.346 e. The highest BCUT2D eigenvalue weighted by atomic mass is 32.1. The van der Waals surface area contributed by atoms with E-state index in [9.17, 15) is 23.3 Å². The predicted octanol–water partition coefficient (Wildman–Crippen LogP) is 4.13. The molecule has 0 amide bonds. The van der Waals surface area contributed by atoms with Gasteiger partial charge in [0.1, 0.15) is 0 Å². The topological polar surface area (TPSA) is 61.7 Å². The van der Waals surface area contributed by atoms with E-state index >= 15 is 0 Å². The van der Waals surface area contributed by atoms with Crippen LogP contribution in [0.2, 0.25) is 0 Å². The number of anilines is 1. The Bertz CT molecular complexity index is 882. The molecular formula is C19H19F3N4O2S. The summed E-state index contributed by atoms with van der Waals surface area (Å²) in [6.45, 7) is 3.05. The normalized spacial score (nSPS) is 15.2. The van der Waals surface area contributed by atoms with Crippen molar-refractivity contribution in [1.82, 2.24) is 9.80 Å². The van der Waals surface area contributed by atoms with Gasteiger partial charge >= 0.3 is 6.18 Å². The van der Waals surface area contributed by atoms with Gasteiger partial charge in [0.15, 0.2) is 5.11 Å². The number of benzene rings is 2. The Labute approximate surface area is 171 Å². The number of thiocarbonyl (C=S) groups is 1. The van der Waals surface area contributed by atoms with Gasteiger partial charge in [-0.2, -0.15) is 13.2 Å². The van der Waals surface area contributed by atoms with Crippen LogP contribution in [0.3, 0.4) is 0 Å². The van der Waals surface area contributed by atoms with E-state index in [2.05, 4.69) is 10.2 Å². The van der Waals surface area contributed by atoms with Crippen LogP contribution in [-0.2, 0) is 12.7 Å². The summed E-state index contributed by atoms with van der Waals surface area (Å²) in [6, 6.07) is 11.4. The number of rotatable bonds is 4. The quantitative estimate of drug-likeness (QED) is 0.453. The van der Waals surface area contributed by atoms with Crippen LogP contribution in [0.5, 0.6) is 0 Å². The van der Waals surface area contributed by atoms with Crippen LogP contribution in [0.15, 0.2) is 48.5 Å². The number of alkyl halides is 3. The maximum atomic E-state index is 12.9. The van der Waals surface area contributed by atoms with Crippen molar-refractivity contribution in [3.8, 4) is 0 Å². The van der Waals surface area contributed by atoms with E-state index in [1.807, 2.05) is 4.90 Å². The number of nitro groups is 1. The van der Waals surface area contributed by atoms with E-state index in [4.69, 9.17) is 12.2 Å². The predicted molar refractivity (Wildman–Crippen MR) is 108 cm³/mol. The molecule has 1 aliphatic rings. The third-order valence-corrected chi connectivity index (χ3v) is 5.01. The number of halogens is 3. The van der Waals surface area contributed by atoms with Crippen molar-refractivity contribution >= 4 is 28.7 Å². The van der Waals surface area contributed by atoms with Gasteiger partial charge in [0, 0.05) is 50.5 Å². The maximum absolute atomic E-state index is 12.9. The minimum absolute atomic E-state index is 0.00433. The summed E-state index contributed by atoms with van der Waals surface area (Å²) in [6.07, 6.45) is -4.34. The zero-order chi connectivity index (χ0) is 21.0. The number of hydrogen-bond donors (Lipinski definition) is 1. The Kier molecular flexibility index (Phi) is 6.33. The first-order valence-corrected chi connectivity index (χ1v) is 9.32. The zero-order valence-corrected chi connectivity index (χ0v) is 16.2. The van der Waals surface area contributed by atoms with E-state index in [0.29, 0.717) is 49.1 Å². The van der Waals surface area contributed by atoms with Crippen molar-refractivity contribution in [2.45, 2.75) is 12.7 Å². The van der Waals surface area contributed by atoms with Gasteiger partial charge in [-0.25, -0.2) is 0 Å². The maximum Gasteiger partial charge on any atom is 0.416 e. The molecule has 0 unspecified atom stereocenters. The highest BCUT2D eigenvalue weighted by Gasteiger charge is 2.30. The van der Waals surface area contributed by atoms with E-state index in [1.54, 1.807) is 18.2 Å². The second-order valence-electron chi connectivity index (χ2n) is 6.70. The Balaban J connectivity index is 1.51. The smallest absolute Gasteiger partial charge is 0.346 e. The van der Waals surface area contributed by atoms with Crippen LogP contribution >= 0.6 is 12.2 Å². The van der Waals surface area contributed by atoms with Gasteiger partial charge in [0.05, 0.1) is 10.5 Å². The fourth-order valence-electron chi connectivity index (χ4n) is 3.08. The Hall–Kier alpha value is -2.72. The molecule has 0 bridgehead atoms. The molecule has 29 heavy (non-hydrogen) atoms. The highest BCUT2D eigenvalue weighted by molar-refractivity contribution is 7.80. The summed E-state index contributed by atoms with van der Waals surface area (Å²) < 4.78 is 38.6. The van der Waals surface area contributed by atoms with E-state index in [-0.39, 0.29) is 5.69 Å². The van der Waals surface area contributed by atoms with Gasteiger partial charge in [-0.15, -0.1) is 0 Å². The summed E-state index contributed by atoms with van der Waals surface area (Å²) in [5.41, 5.74) is 0.652. The molecule has 6 nitrogen and oxygen atoms in total. The average molecular weight is 424 g/mol. The zero-order valence-electron chi connectivity index (χ0n) is 15.4. The third-order valence-electron chi connectivity index (χ3n) is 4.65. The fraction of sp³-hybridized carbons (Fsp3) is 0.316. The number of non-ortho nitro benzene ring substituents is 1. The number of nitrogens with zero attached hydrogens (tertiary/aromatic N) is 3. The lowest BCUT2D eigenvalue weighted by atomic mass is 10.1. The first-order valence-electron chi connectivity index (χ1n) is 8.91. The molecule has 3 rings (SSSR count). The van der Waals surface area contributed by atoms with Gasteiger partial charge in [-0.3, -0.25) is 15.0 Å². The molecule has 1 saturated heterocycles. The summed E-state index contributed by atoms with van der Waals surface area (Å²) >= 11 is 5.40. The minimum atomic E-state index is -4.34. The van der Waals surface area contributed by atoms with Crippen molar-refractivity contribution in [3.05, 3.63) is 69.8 Å². The van der Waals surface area contributed by atoms with Gasteiger partial charge in [-0.05, 0) is 36.0 Å². The largest absolute Gasteiger partial charge is 0.416 e. The molecule has 1 heterocycles. The number of hydrogen-bond acceptors (Lipinski definition) is 4. The molecular weight excluding hydrogens is 405 g/mol. The second-order valence-corrected chi connectivity index (χ2v) is 7.08. The third kappa shape index (κ3) is 5.64. The molecule has 0 saturated carbocycles. The highest BCUT2D eigenvalue weighted by Crippen LogP contribution is 2.29. The van der Waals surface area contributed by atoms with Crippen LogP contribution < -0.4 is 5.32 Å². The molecule has 154 valence electrons. The molecule has 1 aliphatic heterocycles. The molecule has 10 heteroatoms. The molecule has 0 aromatic heterocycles. The molecule has 0 aliphatic carbocycles. The van der Waals surface area contributed by atoms with E-state index in [0.717, 1.165) is 6.07 Å². The van der Waals surface area contributed by atoms with Crippen LogP contribution in [0.1, 0.15) is 11.1 Å². The molecule has 0 radical (unpaired) electrons. The molecule has 0 spiro atoms. The summed E-state index contributed by atoms with van der Waals surface area (Å²) in [7, 11) is 0. The summed E-state index contributed by atoms with van der Waals surface area (Å²) in [4.78, 5) is 14.3. The van der Waals surface area contributed by atoms with Gasteiger partial charge in [-0.1, -0.05) is 18.2 Å². The summed E-state index contributed by atoms with van der Waals surface area (Å²) in [5, 5.41) is 14.3. The standard InChI is InChI=1S/C19H19F3N4O2S/c20-19(21,22)15-3-1-2-14(12-15)13-24-8-10-25(11-9-24)18(29)23-16-4-6-17(7-5-16)26(27)28/h1-7,12H,8-11,13H2,(H,23,29). The van der Waals surface area contributed by atoms with Crippen LogP contribution in [0.4, 0.5) is 24.5 Å². The van der Waals surface area contributed by atoms with Crippen molar-refractivity contribution < 1.29 is 18.1 Å². The second kappa shape index (κ2) is 8.75. The number of piperazine rings is 1. The lowest BCUT2D eigenvalue weighted by Crippen LogP contribution is -2.49. The lowest BCUT2D eigenvalue weighted by Gasteiger charge is -2.36. The van der Waals surface area contributed by atoms with Gasteiger partial charge in [0.25, 0.3) is 5.69 Å². The van der Waals surface area contributed by atoms with Crippen molar-refractivity contribution in [1.29, 1.82) is 0 Å². The Morgan fingerprint density at radius 3 is 2.34 bits per heavy atom. The number of nitrogens with one attached hydrogen (secondary N) is 1. The van der Waals surface area contributed by atoms with Crippen molar-refractivity contribution in [2.24, 2.45) is 0 Å². The first-order chi connectivity index (χ1) is 13.7. The fourth-order valence-corrected chi connectivity index (χ4v) is 3.38. The monoisotopic (exact) mass is 424 g/mol. The molecule has 1 N–H and O–H groups in total. The van der Waals surface area contributed by atoms with Crippen molar-refractivity contribution in [3.63, 3.8) is 0 Å². The van der Waals surface area contributed by atoms with Crippen LogP contribution in [0, 0.1) is 10.1 Å². The molecule has 0 atom stereocenters. The van der Waals surface area contributed by atoms with Crippen LogP contribution in [0.25, 0.3) is 0 Å². The lowest BCUT2D eigenvalue weighted by molar-refractivity contribution is -0.384. The molecule has 2 aromatic carbocycles. The summed E-state index contributed by atoms with van der Waals surface area (Å²) in [5.74, 6) is 0. The molecule has 1 fully saturated rings. The van der Waals surface area contributed by atoms with Crippen molar-refractivity contribution in [2.75, 3.05) is 31.5 Å². The van der Waals surface area contributed by atoms with E-state index < -0.39 is 16.7 Å². The SMILES string of the molecule is O=[N+]([O-])c1ccc(NC(=S)N2CCN(Cc3cccc(C(F)(F)F)c3)CC2)cc1. The molecule has 2 aromatic rings. The van der Waals surface area contributed by atoms with Crippen LogP contribution in [-0.4, -0.2) is 46.0 Å². The van der Waals surface area contributed by atoms with Gasteiger partial charge in [0.2, 0.25) is 0 Å². The average Bonchev–Trinajstić information content (AvgIpc) is 2.68. The Morgan fingerprint density at radius 2 is 1.76 bits per heavy atom.